The van der Waals surface area contributed by atoms with Gasteiger partial charge in [0.1, 0.15) is 0 Å². The molecular formula is C15H15Cl3N2. The Labute approximate surface area is 133 Å². The molecule has 0 saturated carbocycles. The van der Waals surface area contributed by atoms with E-state index in [2.05, 4.69) is 5.43 Å². The first-order chi connectivity index (χ1) is 9.61. The Balaban J connectivity index is 2.16. The van der Waals surface area contributed by atoms with E-state index >= 15 is 0 Å². The van der Waals surface area contributed by atoms with E-state index < -0.39 is 0 Å². The van der Waals surface area contributed by atoms with Crippen molar-refractivity contribution in [3.8, 4) is 0 Å². The molecule has 0 bridgehead atoms. The van der Waals surface area contributed by atoms with Gasteiger partial charge >= 0.3 is 0 Å². The van der Waals surface area contributed by atoms with Gasteiger partial charge in [-0.1, -0.05) is 59.1 Å². The van der Waals surface area contributed by atoms with Crippen LogP contribution in [0.5, 0.6) is 0 Å². The lowest BCUT2D eigenvalue weighted by atomic mass is 9.99. The van der Waals surface area contributed by atoms with Crippen LogP contribution in [0.1, 0.15) is 11.1 Å². The smallest absolute Gasteiger partial charge is 0.0453 e. The van der Waals surface area contributed by atoms with Gasteiger partial charge in [0.25, 0.3) is 0 Å². The first-order valence-electron chi connectivity index (χ1n) is 6.24. The average molecular weight is 330 g/mol. The average Bonchev–Trinajstić information content (AvgIpc) is 2.44. The zero-order chi connectivity index (χ0) is 14.5. The fraction of sp³-hybridized carbons (Fsp3) is 0.200. The summed E-state index contributed by atoms with van der Waals surface area (Å²) in [6, 6.07) is 13.2. The van der Waals surface area contributed by atoms with Crippen molar-refractivity contribution in [2.24, 2.45) is 5.84 Å². The zero-order valence-corrected chi connectivity index (χ0v) is 13.0. The van der Waals surface area contributed by atoms with Crippen molar-refractivity contribution in [2.45, 2.75) is 18.9 Å². The first-order valence-corrected chi connectivity index (χ1v) is 7.37. The summed E-state index contributed by atoms with van der Waals surface area (Å²) in [6.07, 6.45) is 1.35. The second-order valence-electron chi connectivity index (χ2n) is 4.56. The topological polar surface area (TPSA) is 38.0 Å². The van der Waals surface area contributed by atoms with Crippen molar-refractivity contribution in [1.82, 2.24) is 5.43 Å². The molecule has 3 N–H and O–H groups in total. The van der Waals surface area contributed by atoms with Gasteiger partial charge in [0.15, 0.2) is 0 Å². The lowest BCUT2D eigenvalue weighted by Crippen LogP contribution is -2.38. The molecule has 0 aliphatic rings. The summed E-state index contributed by atoms with van der Waals surface area (Å²) in [5.41, 5.74) is 4.74. The Hall–Kier alpha value is -0.770. The molecule has 2 rings (SSSR count). The molecule has 5 heteroatoms. The maximum absolute atomic E-state index is 6.19. The molecule has 2 aromatic carbocycles. The molecule has 0 aliphatic heterocycles. The Morgan fingerprint density at radius 3 is 2.05 bits per heavy atom. The van der Waals surface area contributed by atoms with Crippen LogP contribution in [-0.4, -0.2) is 6.04 Å². The number of hydrogen-bond acceptors (Lipinski definition) is 2. The van der Waals surface area contributed by atoms with Gasteiger partial charge in [0, 0.05) is 21.1 Å². The van der Waals surface area contributed by atoms with E-state index in [4.69, 9.17) is 40.6 Å². The largest absolute Gasteiger partial charge is 0.271 e. The van der Waals surface area contributed by atoms with Crippen LogP contribution in [0.2, 0.25) is 15.1 Å². The molecule has 1 atom stereocenters. The highest BCUT2D eigenvalue weighted by molar-refractivity contribution is 6.36. The van der Waals surface area contributed by atoms with Crippen LogP contribution >= 0.6 is 34.8 Å². The van der Waals surface area contributed by atoms with E-state index in [1.54, 1.807) is 0 Å². The van der Waals surface area contributed by atoms with Crippen LogP contribution < -0.4 is 11.3 Å². The molecule has 106 valence electrons. The Morgan fingerprint density at radius 1 is 0.850 bits per heavy atom. The monoisotopic (exact) mass is 328 g/mol. The normalized spacial score (nSPS) is 12.4. The number of nitrogens with two attached hydrogens (primary N) is 1. The van der Waals surface area contributed by atoms with E-state index in [-0.39, 0.29) is 6.04 Å². The minimum absolute atomic E-state index is 0.00676. The van der Waals surface area contributed by atoms with Crippen LogP contribution in [-0.2, 0) is 12.8 Å². The van der Waals surface area contributed by atoms with E-state index in [1.807, 2.05) is 42.5 Å². The second-order valence-corrected chi connectivity index (χ2v) is 5.79. The SMILES string of the molecule is NNC(Cc1ccccc1Cl)Cc1c(Cl)cccc1Cl. The summed E-state index contributed by atoms with van der Waals surface area (Å²) in [7, 11) is 0. The molecule has 0 aromatic heterocycles. The van der Waals surface area contributed by atoms with Crippen LogP contribution in [0.25, 0.3) is 0 Å². The molecule has 0 radical (unpaired) electrons. The van der Waals surface area contributed by atoms with Gasteiger partial charge in [-0.25, -0.2) is 0 Å². The van der Waals surface area contributed by atoms with E-state index in [9.17, 15) is 0 Å². The Kier molecular flexibility index (Phi) is 5.70. The highest BCUT2D eigenvalue weighted by atomic mass is 35.5. The Bertz CT molecular complexity index is 567. The quantitative estimate of drug-likeness (QED) is 0.635. The maximum Gasteiger partial charge on any atom is 0.0453 e. The summed E-state index contributed by atoms with van der Waals surface area (Å²) >= 11 is 18.5. The predicted molar refractivity (Wildman–Crippen MR) is 86.4 cm³/mol. The molecular weight excluding hydrogens is 315 g/mol. The molecule has 0 saturated heterocycles. The molecule has 0 amide bonds. The number of benzene rings is 2. The van der Waals surface area contributed by atoms with E-state index in [0.29, 0.717) is 22.9 Å². The minimum atomic E-state index is 0.00676. The van der Waals surface area contributed by atoms with Crippen LogP contribution in [0.4, 0.5) is 0 Å². The standard InChI is InChI=1S/C15H15Cl3N2/c16-13-5-2-1-4-10(13)8-11(20-19)9-12-14(17)6-3-7-15(12)18/h1-7,11,20H,8-9,19H2. The number of nitrogens with one attached hydrogen (secondary N) is 1. The van der Waals surface area contributed by atoms with Gasteiger partial charge in [0.05, 0.1) is 0 Å². The van der Waals surface area contributed by atoms with Gasteiger partial charge in [-0.3, -0.25) is 11.3 Å². The van der Waals surface area contributed by atoms with E-state index in [0.717, 1.165) is 16.1 Å². The van der Waals surface area contributed by atoms with Crippen LogP contribution in [0.15, 0.2) is 42.5 Å². The van der Waals surface area contributed by atoms with Crippen molar-refractivity contribution in [3.05, 3.63) is 68.7 Å². The highest BCUT2D eigenvalue weighted by Gasteiger charge is 2.14. The molecule has 20 heavy (non-hydrogen) atoms. The van der Waals surface area contributed by atoms with E-state index in [1.165, 1.54) is 0 Å². The minimum Gasteiger partial charge on any atom is -0.271 e. The molecule has 0 fully saturated rings. The van der Waals surface area contributed by atoms with Crippen LogP contribution in [0, 0.1) is 0 Å². The zero-order valence-electron chi connectivity index (χ0n) is 10.7. The molecule has 1 unspecified atom stereocenters. The number of rotatable bonds is 5. The van der Waals surface area contributed by atoms with Gasteiger partial charge in [0.2, 0.25) is 0 Å². The third kappa shape index (κ3) is 3.87. The fourth-order valence-electron chi connectivity index (χ4n) is 2.09. The van der Waals surface area contributed by atoms with Crippen molar-refractivity contribution in [1.29, 1.82) is 0 Å². The third-order valence-corrected chi connectivity index (χ3v) is 4.25. The first kappa shape index (κ1) is 15.6. The molecule has 0 spiro atoms. The molecule has 0 heterocycles. The Morgan fingerprint density at radius 2 is 1.45 bits per heavy atom. The van der Waals surface area contributed by atoms with Gasteiger partial charge in [-0.2, -0.15) is 0 Å². The lowest BCUT2D eigenvalue weighted by molar-refractivity contribution is 0.523. The van der Waals surface area contributed by atoms with Gasteiger partial charge in [-0.05, 0) is 42.2 Å². The number of hydrazine groups is 1. The summed E-state index contributed by atoms with van der Waals surface area (Å²) < 4.78 is 0. The van der Waals surface area contributed by atoms with Crippen molar-refractivity contribution < 1.29 is 0 Å². The van der Waals surface area contributed by atoms with Crippen molar-refractivity contribution in [3.63, 3.8) is 0 Å². The summed E-state index contributed by atoms with van der Waals surface area (Å²) in [5.74, 6) is 5.64. The second kappa shape index (κ2) is 7.30. The summed E-state index contributed by atoms with van der Waals surface area (Å²) in [4.78, 5) is 0. The summed E-state index contributed by atoms with van der Waals surface area (Å²) in [6.45, 7) is 0. The molecule has 2 nitrogen and oxygen atoms in total. The third-order valence-electron chi connectivity index (χ3n) is 3.17. The predicted octanol–water partition coefficient (Wildman–Crippen LogP) is 4.26. The maximum atomic E-state index is 6.19. The molecule has 2 aromatic rings. The fourth-order valence-corrected chi connectivity index (χ4v) is 2.86. The number of hydrogen-bond donors (Lipinski definition) is 2. The van der Waals surface area contributed by atoms with Crippen molar-refractivity contribution >= 4 is 34.8 Å². The van der Waals surface area contributed by atoms with Gasteiger partial charge in [-0.15, -0.1) is 0 Å². The lowest BCUT2D eigenvalue weighted by Gasteiger charge is -2.18. The highest BCUT2D eigenvalue weighted by Crippen LogP contribution is 2.26. The number of halogens is 3. The summed E-state index contributed by atoms with van der Waals surface area (Å²) in [5, 5.41) is 2.03. The van der Waals surface area contributed by atoms with Gasteiger partial charge < -0.3 is 0 Å². The van der Waals surface area contributed by atoms with Crippen molar-refractivity contribution in [2.75, 3.05) is 0 Å². The molecule has 0 aliphatic carbocycles. The van der Waals surface area contributed by atoms with Crippen LogP contribution in [0.3, 0.4) is 0 Å².